The average molecular weight is 394 g/mol. The number of nitrogens with zero attached hydrogens (tertiary/aromatic N) is 2. The lowest BCUT2D eigenvalue weighted by atomic mass is 10.1. The highest BCUT2D eigenvalue weighted by molar-refractivity contribution is 5.77. The second kappa shape index (κ2) is 10.5. The van der Waals surface area contributed by atoms with Gasteiger partial charge in [0.1, 0.15) is 11.5 Å². The van der Waals surface area contributed by atoms with E-state index in [0.717, 1.165) is 36.3 Å². The van der Waals surface area contributed by atoms with Gasteiger partial charge in [-0.1, -0.05) is 24.3 Å². The molecule has 0 aromatic heterocycles. The van der Waals surface area contributed by atoms with Crippen molar-refractivity contribution in [2.45, 2.75) is 31.9 Å². The van der Waals surface area contributed by atoms with Crippen molar-refractivity contribution >= 4 is 5.91 Å². The molecule has 1 amide bonds. The van der Waals surface area contributed by atoms with Crippen LogP contribution in [0.15, 0.2) is 48.5 Å². The summed E-state index contributed by atoms with van der Waals surface area (Å²) < 4.78 is 16.7. The summed E-state index contributed by atoms with van der Waals surface area (Å²) in [4.78, 5) is 14.7. The summed E-state index contributed by atoms with van der Waals surface area (Å²) in [7, 11) is 1.63. The molecular formula is C23H26N2O4. The molecule has 29 heavy (non-hydrogen) atoms. The van der Waals surface area contributed by atoms with Crippen LogP contribution in [0.5, 0.6) is 11.5 Å². The number of hydrogen-bond acceptors (Lipinski definition) is 5. The summed E-state index contributed by atoms with van der Waals surface area (Å²) in [6.07, 6.45) is 2.41. The van der Waals surface area contributed by atoms with E-state index >= 15 is 0 Å². The normalized spacial score (nSPS) is 15.5. The van der Waals surface area contributed by atoms with Crippen LogP contribution < -0.4 is 9.47 Å². The number of methoxy groups -OCH3 is 1. The molecule has 3 rings (SSSR count). The molecule has 1 atom stereocenters. The molecule has 6 nitrogen and oxygen atoms in total. The van der Waals surface area contributed by atoms with Crippen molar-refractivity contribution in [3.05, 3.63) is 59.7 Å². The van der Waals surface area contributed by atoms with Crippen molar-refractivity contribution in [2.75, 3.05) is 26.9 Å². The van der Waals surface area contributed by atoms with Gasteiger partial charge in [0, 0.05) is 19.7 Å². The third-order valence-electron chi connectivity index (χ3n) is 4.88. The second-order valence-corrected chi connectivity index (χ2v) is 7.03. The highest BCUT2D eigenvalue weighted by Gasteiger charge is 2.23. The first-order valence-corrected chi connectivity index (χ1v) is 9.79. The first-order chi connectivity index (χ1) is 14.2. The summed E-state index contributed by atoms with van der Waals surface area (Å²) in [6, 6.07) is 17.1. The van der Waals surface area contributed by atoms with Gasteiger partial charge in [-0.3, -0.25) is 4.79 Å². The minimum absolute atomic E-state index is 0.0473. The van der Waals surface area contributed by atoms with Gasteiger partial charge < -0.3 is 19.1 Å². The fraction of sp³-hybridized carbons (Fsp3) is 0.391. The van der Waals surface area contributed by atoms with Crippen LogP contribution in [0.1, 0.15) is 24.0 Å². The molecule has 152 valence electrons. The quantitative estimate of drug-likeness (QED) is 0.652. The zero-order chi connectivity index (χ0) is 20.5. The molecule has 1 aliphatic rings. The van der Waals surface area contributed by atoms with Crippen molar-refractivity contribution < 1.29 is 19.0 Å². The van der Waals surface area contributed by atoms with Crippen LogP contribution >= 0.6 is 0 Å². The fourth-order valence-electron chi connectivity index (χ4n) is 3.31. The number of rotatable bonds is 9. The van der Waals surface area contributed by atoms with Crippen LogP contribution in [0.2, 0.25) is 0 Å². The second-order valence-electron chi connectivity index (χ2n) is 7.03. The van der Waals surface area contributed by atoms with Crippen LogP contribution in [-0.2, 0) is 22.5 Å². The Kier molecular flexibility index (Phi) is 7.48. The van der Waals surface area contributed by atoms with E-state index in [1.165, 1.54) is 0 Å². The lowest BCUT2D eigenvalue weighted by molar-refractivity contribution is -0.135. The lowest BCUT2D eigenvalue weighted by Gasteiger charge is -2.26. The first-order valence-electron chi connectivity index (χ1n) is 9.79. The Morgan fingerprint density at radius 1 is 1.21 bits per heavy atom. The molecule has 1 saturated heterocycles. The monoisotopic (exact) mass is 394 g/mol. The molecule has 6 heteroatoms. The maximum atomic E-state index is 12.9. The summed E-state index contributed by atoms with van der Waals surface area (Å²) in [5.41, 5.74) is 1.92. The van der Waals surface area contributed by atoms with Crippen molar-refractivity contribution in [3.63, 3.8) is 0 Å². The molecule has 1 unspecified atom stereocenters. The van der Waals surface area contributed by atoms with Gasteiger partial charge in [0.05, 0.1) is 25.7 Å². The number of benzene rings is 2. The molecule has 1 aliphatic heterocycles. The molecule has 0 N–H and O–H groups in total. The number of hydrogen-bond donors (Lipinski definition) is 0. The molecular weight excluding hydrogens is 368 g/mol. The average Bonchev–Trinajstić information content (AvgIpc) is 3.26. The molecule has 1 heterocycles. The van der Waals surface area contributed by atoms with Gasteiger partial charge in [-0.15, -0.1) is 0 Å². The van der Waals surface area contributed by atoms with Crippen LogP contribution in [-0.4, -0.2) is 43.8 Å². The van der Waals surface area contributed by atoms with Crippen LogP contribution in [0.25, 0.3) is 0 Å². The number of carbonyl (C=O) groups excluding carboxylic acids is 1. The fourth-order valence-corrected chi connectivity index (χ4v) is 3.31. The smallest absolute Gasteiger partial charge is 0.260 e. The number of amides is 1. The van der Waals surface area contributed by atoms with Crippen LogP contribution in [0.4, 0.5) is 0 Å². The molecule has 2 aromatic carbocycles. The molecule has 0 saturated carbocycles. The van der Waals surface area contributed by atoms with E-state index in [-0.39, 0.29) is 18.6 Å². The van der Waals surface area contributed by atoms with Gasteiger partial charge in [0.15, 0.2) is 6.61 Å². The van der Waals surface area contributed by atoms with E-state index in [1.54, 1.807) is 24.1 Å². The van der Waals surface area contributed by atoms with E-state index in [1.807, 2.05) is 36.4 Å². The summed E-state index contributed by atoms with van der Waals surface area (Å²) in [5.74, 6) is 1.28. The van der Waals surface area contributed by atoms with E-state index in [9.17, 15) is 4.79 Å². The van der Waals surface area contributed by atoms with E-state index in [4.69, 9.17) is 19.5 Å². The van der Waals surface area contributed by atoms with Gasteiger partial charge >= 0.3 is 0 Å². The van der Waals surface area contributed by atoms with Gasteiger partial charge in [-0.05, 0) is 48.2 Å². The van der Waals surface area contributed by atoms with E-state index in [0.29, 0.717) is 25.3 Å². The minimum Gasteiger partial charge on any atom is -0.497 e. The van der Waals surface area contributed by atoms with Crippen molar-refractivity contribution in [2.24, 2.45) is 0 Å². The molecule has 0 spiro atoms. The minimum atomic E-state index is -0.0931. The number of nitriles is 1. The van der Waals surface area contributed by atoms with Crippen LogP contribution in [0, 0.1) is 11.3 Å². The first kappa shape index (κ1) is 20.7. The Morgan fingerprint density at radius 3 is 2.72 bits per heavy atom. The largest absolute Gasteiger partial charge is 0.497 e. The van der Waals surface area contributed by atoms with Crippen molar-refractivity contribution in [3.8, 4) is 17.6 Å². The maximum Gasteiger partial charge on any atom is 0.260 e. The molecule has 0 aliphatic carbocycles. The topological polar surface area (TPSA) is 71.8 Å². The molecule has 0 bridgehead atoms. The number of carbonyl (C=O) groups is 1. The zero-order valence-corrected chi connectivity index (χ0v) is 16.7. The summed E-state index contributed by atoms with van der Waals surface area (Å²) in [6.45, 7) is 1.71. The Morgan fingerprint density at radius 2 is 2.03 bits per heavy atom. The van der Waals surface area contributed by atoms with Crippen molar-refractivity contribution in [1.29, 1.82) is 5.26 Å². The Hall–Kier alpha value is -3.04. The van der Waals surface area contributed by atoms with Crippen molar-refractivity contribution in [1.82, 2.24) is 4.90 Å². The molecule has 1 fully saturated rings. The third kappa shape index (κ3) is 6.23. The van der Waals surface area contributed by atoms with Gasteiger partial charge in [-0.2, -0.15) is 5.26 Å². The number of ether oxygens (including phenoxy) is 3. The Labute approximate surface area is 171 Å². The predicted octanol–water partition coefficient (Wildman–Crippen LogP) is 3.35. The Balaban J connectivity index is 1.63. The highest BCUT2D eigenvalue weighted by Crippen LogP contribution is 2.19. The summed E-state index contributed by atoms with van der Waals surface area (Å²) in [5, 5.41) is 8.75. The van der Waals surface area contributed by atoms with Gasteiger partial charge in [0.25, 0.3) is 5.91 Å². The Bertz CT molecular complexity index is 839. The third-order valence-corrected chi connectivity index (χ3v) is 4.88. The van der Waals surface area contributed by atoms with E-state index < -0.39 is 0 Å². The SMILES string of the molecule is COc1cccc(CN(CC2CCCO2)C(=O)COc2ccc(CC#N)cc2)c1. The van der Waals surface area contributed by atoms with Gasteiger partial charge in [0.2, 0.25) is 0 Å². The van der Waals surface area contributed by atoms with Crippen LogP contribution in [0.3, 0.4) is 0 Å². The highest BCUT2D eigenvalue weighted by atomic mass is 16.5. The summed E-state index contributed by atoms with van der Waals surface area (Å²) >= 11 is 0. The van der Waals surface area contributed by atoms with E-state index in [2.05, 4.69) is 6.07 Å². The lowest BCUT2D eigenvalue weighted by Crippen LogP contribution is -2.39. The van der Waals surface area contributed by atoms with Gasteiger partial charge in [-0.25, -0.2) is 0 Å². The maximum absolute atomic E-state index is 12.9. The molecule has 0 radical (unpaired) electrons. The standard InChI is InChI=1S/C23H26N2O4/c1-27-21-5-2-4-19(14-21)15-25(16-22-6-3-13-28-22)23(26)17-29-20-9-7-18(8-10-20)11-12-24/h2,4-5,7-10,14,22H,3,6,11,13,15-17H2,1H3. The molecule has 2 aromatic rings. The zero-order valence-electron chi connectivity index (χ0n) is 16.7. The predicted molar refractivity (Wildman–Crippen MR) is 109 cm³/mol.